The van der Waals surface area contributed by atoms with E-state index in [-0.39, 0.29) is 11.8 Å². The van der Waals surface area contributed by atoms with Crippen LogP contribution in [0.25, 0.3) is 10.8 Å². The highest BCUT2D eigenvalue weighted by Crippen LogP contribution is 2.50. The third-order valence-electron chi connectivity index (χ3n) is 5.76. The molecule has 7 N–H and O–H groups in total. The molecule has 3 rings (SSSR count). The predicted molar refractivity (Wildman–Crippen MR) is 159 cm³/mol. The van der Waals surface area contributed by atoms with Gasteiger partial charge >= 0.3 is 20.8 Å². The van der Waals surface area contributed by atoms with Gasteiger partial charge in [-0.2, -0.15) is 38.8 Å². The van der Waals surface area contributed by atoms with Crippen LogP contribution in [0.1, 0.15) is 0 Å². The summed E-state index contributed by atoms with van der Waals surface area (Å²) in [6.07, 6.45) is 0. The number of rotatable bonds is 14. The number of azo groups is 1. The Bertz CT molecular complexity index is 2470. The number of anilines is 1. The van der Waals surface area contributed by atoms with Gasteiger partial charge in [-0.25, -0.2) is 25.2 Å². The lowest BCUT2D eigenvalue weighted by molar-refractivity contribution is 0.282. The molecule has 0 bridgehead atoms. The lowest BCUT2D eigenvalue weighted by Crippen LogP contribution is -2.20. The largest absolute Gasteiger partial charge is 0.506 e. The first-order valence-electron chi connectivity index (χ1n) is 11.9. The predicted octanol–water partition coefficient (Wildman–Crippen LogP) is 0.223. The van der Waals surface area contributed by atoms with E-state index in [2.05, 4.69) is 18.6 Å². The van der Waals surface area contributed by atoms with Crippen molar-refractivity contribution in [2.24, 2.45) is 10.2 Å². The van der Waals surface area contributed by atoms with E-state index in [0.717, 1.165) is 0 Å². The van der Waals surface area contributed by atoms with Crippen molar-refractivity contribution >= 4 is 88.5 Å². The number of nitrogen functional groups attached to an aromatic ring is 1. The summed E-state index contributed by atoms with van der Waals surface area (Å²) in [5, 5.41) is 16.2. The van der Waals surface area contributed by atoms with E-state index in [1.807, 2.05) is 0 Å². The van der Waals surface area contributed by atoms with Crippen molar-refractivity contribution in [2.45, 2.75) is 19.6 Å². The Hall–Kier alpha value is -3.42. The highest BCUT2D eigenvalue weighted by molar-refractivity contribution is 7.93. The van der Waals surface area contributed by atoms with Gasteiger partial charge in [-0.3, -0.25) is 18.2 Å². The fourth-order valence-corrected chi connectivity index (χ4v) is 10.1. The Morgan fingerprint density at radius 2 is 1.12 bits per heavy atom. The SMILES string of the molecule is Nc1c(S(=O)(=O)CCOS(=O)(=O)O)c(S(=O)(=O)O)c(N=Nc2ccccc2)c2cc(S(=O)(=O)O)c(S(=O)(=O)CCOS(=O)(=O)O)c(O)c12. The molecule has 0 amide bonds. The summed E-state index contributed by atoms with van der Waals surface area (Å²) >= 11 is 0. The summed E-state index contributed by atoms with van der Waals surface area (Å²) in [4.78, 5) is -6.91. The van der Waals surface area contributed by atoms with Crippen LogP contribution in [0.15, 0.2) is 66.2 Å². The fourth-order valence-electron chi connectivity index (χ4n) is 4.00. The maximum atomic E-state index is 13.4. The van der Waals surface area contributed by atoms with Crippen LogP contribution < -0.4 is 5.73 Å². The zero-order valence-corrected chi connectivity index (χ0v) is 28.1. The number of benzene rings is 3. The summed E-state index contributed by atoms with van der Waals surface area (Å²) in [5.74, 6) is -4.88. The molecule has 0 unspecified atom stereocenters. The number of phenolic OH excluding ortho intramolecular Hbond substituents is 1. The van der Waals surface area contributed by atoms with Gasteiger partial charge < -0.3 is 10.8 Å². The number of hydrogen-bond donors (Lipinski definition) is 6. The first-order valence-corrected chi connectivity index (χ1v) is 20.8. The Labute approximate surface area is 272 Å². The highest BCUT2D eigenvalue weighted by Gasteiger charge is 2.39. The van der Waals surface area contributed by atoms with Crippen molar-refractivity contribution in [1.29, 1.82) is 0 Å². The van der Waals surface area contributed by atoms with Crippen LogP contribution >= 0.6 is 0 Å². The number of nitrogens with zero attached hydrogens (tertiary/aromatic N) is 2. The van der Waals surface area contributed by atoms with Crippen LogP contribution in [-0.4, -0.2) is 98.5 Å². The molecule has 0 saturated carbocycles. The van der Waals surface area contributed by atoms with E-state index in [9.17, 15) is 64.7 Å². The highest BCUT2D eigenvalue weighted by atomic mass is 32.3. The average molecular weight is 800 g/mol. The zero-order chi connectivity index (χ0) is 36.7. The monoisotopic (exact) mass is 799 g/mol. The molecule has 0 aromatic heterocycles. The van der Waals surface area contributed by atoms with E-state index in [4.69, 9.17) is 14.8 Å². The first kappa shape index (κ1) is 39.0. The molecule has 0 spiro atoms. The molecule has 22 nitrogen and oxygen atoms in total. The first-order chi connectivity index (χ1) is 21.7. The fraction of sp³-hybridized carbons (Fsp3) is 0.200. The summed E-state index contributed by atoms with van der Waals surface area (Å²) in [6, 6.07) is 6.98. The Kier molecular flexibility index (Phi) is 11.0. The van der Waals surface area contributed by atoms with Gasteiger partial charge in [0.1, 0.15) is 31.0 Å². The van der Waals surface area contributed by atoms with E-state index in [1.54, 1.807) is 0 Å². The number of sulfone groups is 2. The van der Waals surface area contributed by atoms with Crippen molar-refractivity contribution < 1.29 is 82.2 Å². The van der Waals surface area contributed by atoms with Crippen LogP contribution in [0.2, 0.25) is 0 Å². The second-order valence-corrected chi connectivity index (χ2v) is 18.0. The summed E-state index contributed by atoms with van der Waals surface area (Å²) < 4.78 is 192. The lowest BCUT2D eigenvalue weighted by atomic mass is 10.1. The molecular formula is C20H21N3O19S6. The maximum Gasteiger partial charge on any atom is 0.397 e. The molecule has 0 aliphatic rings. The molecule has 28 heteroatoms. The van der Waals surface area contributed by atoms with Crippen molar-refractivity contribution in [3.63, 3.8) is 0 Å². The summed E-state index contributed by atoms with van der Waals surface area (Å²) in [6.45, 7) is -2.82. The molecule has 48 heavy (non-hydrogen) atoms. The van der Waals surface area contributed by atoms with Crippen LogP contribution in [0.5, 0.6) is 5.75 Å². The molecule has 0 aliphatic heterocycles. The second-order valence-electron chi connectivity index (χ2n) is 9.02. The molecule has 266 valence electrons. The minimum Gasteiger partial charge on any atom is -0.506 e. The second kappa shape index (κ2) is 13.5. The summed E-state index contributed by atoms with van der Waals surface area (Å²) in [5.41, 5.74) is 3.09. The van der Waals surface area contributed by atoms with Crippen molar-refractivity contribution in [2.75, 3.05) is 30.5 Å². The molecule has 3 aromatic rings. The quantitative estimate of drug-likeness (QED) is 0.0721. The molecule has 0 aliphatic carbocycles. The molecule has 0 saturated heterocycles. The third kappa shape index (κ3) is 9.17. The number of phenols is 1. The Morgan fingerprint density at radius 1 is 0.646 bits per heavy atom. The molecule has 0 fully saturated rings. The van der Waals surface area contributed by atoms with Gasteiger partial charge in [-0.05, 0) is 18.2 Å². The Balaban J connectivity index is 2.64. The number of nitrogens with two attached hydrogens (primary N) is 1. The third-order valence-corrected chi connectivity index (χ3v) is 12.2. The van der Waals surface area contributed by atoms with Crippen molar-refractivity contribution in [3.8, 4) is 5.75 Å². The number of hydrogen-bond acceptors (Lipinski definition) is 18. The maximum absolute atomic E-state index is 13.4. The molecule has 0 heterocycles. The van der Waals surface area contributed by atoms with Crippen LogP contribution in [0.3, 0.4) is 0 Å². The van der Waals surface area contributed by atoms with Gasteiger partial charge in [-0.15, -0.1) is 5.11 Å². The number of fused-ring (bicyclic) bond motifs is 1. The smallest absolute Gasteiger partial charge is 0.397 e. The van der Waals surface area contributed by atoms with Gasteiger partial charge in [0.2, 0.25) is 0 Å². The molecule has 3 aromatic carbocycles. The molecule has 0 radical (unpaired) electrons. The molecule has 0 atom stereocenters. The average Bonchev–Trinajstić information content (AvgIpc) is 2.89. The van der Waals surface area contributed by atoms with Crippen molar-refractivity contribution in [3.05, 3.63) is 36.4 Å². The van der Waals surface area contributed by atoms with Gasteiger partial charge in [-0.1, -0.05) is 18.2 Å². The minimum absolute atomic E-state index is 0.0908. The standard InChI is InChI=1S/C20H21N3O19S6/c21-15-14-12(10-13(45(29,30)31)18(17(14)24)43(25,26)8-6-41-47(35,36)37)16(23-22-11-4-2-1-3-5-11)20(46(32,33)34)19(15)44(27,28)9-7-42-48(38,39)40/h1-5,10,24H,6-9,21H2,(H,29,30,31)(H,32,33,34)(H,35,36,37)(H,38,39,40). The van der Waals surface area contributed by atoms with E-state index in [0.29, 0.717) is 0 Å². The zero-order valence-electron chi connectivity index (χ0n) is 23.2. The van der Waals surface area contributed by atoms with Crippen LogP contribution in [0, 0.1) is 0 Å². The van der Waals surface area contributed by atoms with E-state index < -0.39 is 133 Å². The van der Waals surface area contributed by atoms with Crippen LogP contribution in [0.4, 0.5) is 17.1 Å². The van der Waals surface area contributed by atoms with Crippen LogP contribution in [-0.2, 0) is 69.1 Å². The normalized spacial score (nSPS) is 13.8. The van der Waals surface area contributed by atoms with Gasteiger partial charge in [0.05, 0.1) is 41.5 Å². The Morgan fingerprint density at radius 3 is 1.56 bits per heavy atom. The van der Waals surface area contributed by atoms with Gasteiger partial charge in [0.15, 0.2) is 19.7 Å². The number of aromatic hydroxyl groups is 1. The topological polar surface area (TPSA) is 375 Å². The van der Waals surface area contributed by atoms with Crippen molar-refractivity contribution in [1.82, 2.24) is 0 Å². The minimum atomic E-state index is -5.88. The van der Waals surface area contributed by atoms with E-state index >= 15 is 0 Å². The lowest BCUT2D eigenvalue weighted by Gasteiger charge is -2.20. The van der Waals surface area contributed by atoms with E-state index in [1.165, 1.54) is 30.3 Å². The van der Waals surface area contributed by atoms with Gasteiger partial charge in [0, 0.05) is 5.39 Å². The van der Waals surface area contributed by atoms with Gasteiger partial charge in [0.25, 0.3) is 20.2 Å². The molecular weight excluding hydrogens is 779 g/mol. The summed E-state index contributed by atoms with van der Waals surface area (Å²) in [7, 11) is -32.9.